The number of hydrogen-bond acceptors (Lipinski definition) is 6. The number of carbonyl (C=O) groups excluding carboxylic acids is 1. The number of methoxy groups -OCH3 is 1. The van der Waals surface area contributed by atoms with Gasteiger partial charge in [0, 0.05) is 18.1 Å². The number of ether oxygens (including phenoxy) is 2. The fourth-order valence-corrected chi connectivity index (χ4v) is 5.25. The molecule has 3 aromatic rings. The highest BCUT2D eigenvalue weighted by molar-refractivity contribution is 7.12. The number of benzene rings is 1. The van der Waals surface area contributed by atoms with Crippen molar-refractivity contribution in [3.63, 3.8) is 0 Å². The van der Waals surface area contributed by atoms with E-state index in [0.29, 0.717) is 12.4 Å². The van der Waals surface area contributed by atoms with Crippen molar-refractivity contribution >= 4 is 17.2 Å². The van der Waals surface area contributed by atoms with Gasteiger partial charge >= 0.3 is 0 Å². The summed E-state index contributed by atoms with van der Waals surface area (Å²) in [6.45, 7) is 0.498. The summed E-state index contributed by atoms with van der Waals surface area (Å²) in [4.78, 5) is 13.6. The number of carbonyl (C=O) groups is 1. The number of thiophene rings is 1. The van der Waals surface area contributed by atoms with Crippen LogP contribution < -0.4 is 14.8 Å². The van der Waals surface area contributed by atoms with Gasteiger partial charge in [-0.2, -0.15) is 0 Å². The van der Waals surface area contributed by atoms with Crippen LogP contribution in [-0.2, 0) is 19.3 Å². The SMILES string of the molecule is COc1ccc(-c2ccc3c(c2)C[C@H](CNC(=O)c2scc4c2CCCC4)O3)nn1. The van der Waals surface area contributed by atoms with Crippen LogP contribution in [0.25, 0.3) is 11.3 Å². The van der Waals surface area contributed by atoms with E-state index in [1.807, 2.05) is 18.2 Å². The van der Waals surface area contributed by atoms with Crippen LogP contribution in [0.15, 0.2) is 35.7 Å². The lowest BCUT2D eigenvalue weighted by molar-refractivity contribution is 0.0936. The highest BCUT2D eigenvalue weighted by Crippen LogP contribution is 2.33. The zero-order valence-electron chi connectivity index (χ0n) is 16.8. The van der Waals surface area contributed by atoms with Gasteiger partial charge in [0.1, 0.15) is 11.9 Å². The molecular weight excluding hydrogens is 398 g/mol. The Morgan fingerprint density at radius 2 is 2.10 bits per heavy atom. The third-order valence-corrected chi connectivity index (χ3v) is 6.82. The fourth-order valence-electron chi connectivity index (χ4n) is 4.17. The van der Waals surface area contributed by atoms with Gasteiger partial charge in [0.2, 0.25) is 5.88 Å². The smallest absolute Gasteiger partial charge is 0.261 e. The Hall–Kier alpha value is -2.93. The summed E-state index contributed by atoms with van der Waals surface area (Å²) >= 11 is 1.57. The number of nitrogens with one attached hydrogen (secondary N) is 1. The first-order valence-electron chi connectivity index (χ1n) is 10.3. The lowest BCUT2D eigenvalue weighted by Crippen LogP contribution is -2.34. The molecule has 1 amide bonds. The van der Waals surface area contributed by atoms with E-state index in [0.717, 1.165) is 46.7 Å². The maximum atomic E-state index is 12.7. The summed E-state index contributed by atoms with van der Waals surface area (Å²) in [6.07, 6.45) is 5.22. The molecule has 0 unspecified atom stereocenters. The van der Waals surface area contributed by atoms with E-state index in [1.165, 1.54) is 24.0 Å². The number of rotatable bonds is 5. The molecule has 1 aliphatic carbocycles. The van der Waals surface area contributed by atoms with Gasteiger partial charge in [-0.05, 0) is 72.0 Å². The fraction of sp³-hybridized carbons (Fsp3) is 0.348. The van der Waals surface area contributed by atoms with Crippen molar-refractivity contribution < 1.29 is 14.3 Å². The second-order valence-electron chi connectivity index (χ2n) is 7.71. The lowest BCUT2D eigenvalue weighted by Gasteiger charge is -2.14. The quantitative estimate of drug-likeness (QED) is 0.678. The Morgan fingerprint density at radius 1 is 1.20 bits per heavy atom. The van der Waals surface area contributed by atoms with Crippen LogP contribution in [0, 0.1) is 0 Å². The van der Waals surface area contributed by atoms with Crippen molar-refractivity contribution in [2.75, 3.05) is 13.7 Å². The minimum Gasteiger partial charge on any atom is -0.488 e. The first kappa shape index (κ1) is 19.1. The summed E-state index contributed by atoms with van der Waals surface area (Å²) in [5, 5.41) is 13.5. The highest BCUT2D eigenvalue weighted by Gasteiger charge is 2.25. The Balaban J connectivity index is 1.23. The molecule has 30 heavy (non-hydrogen) atoms. The van der Waals surface area contributed by atoms with Gasteiger partial charge in [0.05, 0.1) is 24.2 Å². The molecule has 3 heterocycles. The predicted octanol–water partition coefficient (Wildman–Crippen LogP) is 3.83. The Kier molecular flexibility index (Phi) is 5.12. The van der Waals surface area contributed by atoms with Gasteiger partial charge in [0.15, 0.2) is 0 Å². The third-order valence-electron chi connectivity index (χ3n) is 5.75. The molecule has 0 radical (unpaired) electrons. The molecule has 7 heteroatoms. The van der Waals surface area contributed by atoms with E-state index in [-0.39, 0.29) is 12.0 Å². The van der Waals surface area contributed by atoms with Crippen LogP contribution in [0.3, 0.4) is 0 Å². The zero-order chi connectivity index (χ0) is 20.5. The van der Waals surface area contributed by atoms with Gasteiger partial charge in [-0.1, -0.05) is 0 Å². The predicted molar refractivity (Wildman–Crippen MR) is 115 cm³/mol. The van der Waals surface area contributed by atoms with Crippen LogP contribution in [0.4, 0.5) is 0 Å². The van der Waals surface area contributed by atoms with Crippen molar-refractivity contribution in [1.82, 2.24) is 15.5 Å². The van der Waals surface area contributed by atoms with Crippen LogP contribution >= 0.6 is 11.3 Å². The minimum absolute atomic E-state index is 0.0249. The second-order valence-corrected chi connectivity index (χ2v) is 8.59. The Labute approximate surface area is 179 Å². The minimum atomic E-state index is -0.0584. The van der Waals surface area contributed by atoms with Gasteiger partial charge in [-0.15, -0.1) is 21.5 Å². The summed E-state index contributed by atoms with van der Waals surface area (Å²) in [6, 6.07) is 9.72. The molecule has 0 spiro atoms. The largest absolute Gasteiger partial charge is 0.488 e. The maximum Gasteiger partial charge on any atom is 0.261 e. The first-order valence-corrected chi connectivity index (χ1v) is 11.1. The van der Waals surface area contributed by atoms with Crippen molar-refractivity contribution in [1.29, 1.82) is 0 Å². The number of amides is 1. The Morgan fingerprint density at radius 3 is 2.93 bits per heavy atom. The van der Waals surface area contributed by atoms with Gasteiger partial charge in [-0.25, -0.2) is 0 Å². The van der Waals surface area contributed by atoms with Crippen LogP contribution in [0.5, 0.6) is 11.6 Å². The monoisotopic (exact) mass is 421 g/mol. The van der Waals surface area contributed by atoms with Crippen LogP contribution in [0.1, 0.15) is 39.2 Å². The molecule has 6 nitrogen and oxygen atoms in total. The summed E-state index contributed by atoms with van der Waals surface area (Å²) in [5.74, 6) is 1.39. The molecule has 2 aliphatic rings. The van der Waals surface area contributed by atoms with E-state index in [2.05, 4.69) is 27.0 Å². The Bertz CT molecular complexity index is 1080. The molecule has 0 bridgehead atoms. The molecule has 5 rings (SSSR count). The molecule has 1 N–H and O–H groups in total. The van der Waals surface area contributed by atoms with Gasteiger partial charge < -0.3 is 14.8 Å². The molecule has 1 aliphatic heterocycles. The van der Waals surface area contributed by atoms with E-state index in [9.17, 15) is 4.79 Å². The third kappa shape index (κ3) is 3.65. The van der Waals surface area contributed by atoms with E-state index in [4.69, 9.17) is 9.47 Å². The van der Waals surface area contributed by atoms with E-state index >= 15 is 0 Å². The zero-order valence-corrected chi connectivity index (χ0v) is 17.6. The molecule has 0 saturated carbocycles. The molecule has 1 atom stereocenters. The van der Waals surface area contributed by atoms with Crippen molar-refractivity contribution in [2.45, 2.75) is 38.2 Å². The molecule has 1 aromatic carbocycles. The molecule has 154 valence electrons. The van der Waals surface area contributed by atoms with Gasteiger partial charge in [0.25, 0.3) is 5.91 Å². The van der Waals surface area contributed by atoms with E-state index in [1.54, 1.807) is 24.5 Å². The summed E-state index contributed by atoms with van der Waals surface area (Å²) in [7, 11) is 1.57. The maximum absolute atomic E-state index is 12.7. The summed E-state index contributed by atoms with van der Waals surface area (Å²) in [5.41, 5.74) is 5.51. The average molecular weight is 422 g/mol. The number of fused-ring (bicyclic) bond motifs is 2. The van der Waals surface area contributed by atoms with Crippen molar-refractivity contribution in [3.05, 3.63) is 57.3 Å². The highest BCUT2D eigenvalue weighted by atomic mass is 32.1. The second kappa shape index (κ2) is 8.07. The van der Waals surface area contributed by atoms with Crippen LogP contribution in [0.2, 0.25) is 0 Å². The first-order chi connectivity index (χ1) is 14.7. The van der Waals surface area contributed by atoms with E-state index < -0.39 is 0 Å². The standard InChI is InChI=1S/C23H23N3O3S/c1-28-21-9-7-19(25-26-21)14-6-8-20-16(10-14)11-17(29-20)12-24-23(27)22-18-5-3-2-4-15(18)13-30-22/h6-10,13,17H,2-5,11-12H2,1H3,(H,24,27)/t17-/m1/s1. The molecule has 2 aromatic heterocycles. The number of hydrogen-bond donors (Lipinski definition) is 1. The van der Waals surface area contributed by atoms with Crippen molar-refractivity contribution in [3.8, 4) is 22.9 Å². The average Bonchev–Trinajstić information content (AvgIpc) is 3.41. The summed E-state index contributed by atoms with van der Waals surface area (Å²) < 4.78 is 11.1. The number of nitrogens with zero attached hydrogens (tertiary/aromatic N) is 2. The van der Waals surface area contributed by atoms with Crippen LogP contribution in [-0.4, -0.2) is 35.9 Å². The number of aryl methyl sites for hydroxylation is 1. The van der Waals surface area contributed by atoms with Gasteiger partial charge in [-0.3, -0.25) is 4.79 Å². The molecule has 0 saturated heterocycles. The normalized spacial score (nSPS) is 17.0. The van der Waals surface area contributed by atoms with Crippen molar-refractivity contribution in [2.24, 2.45) is 0 Å². The molecular formula is C23H23N3O3S. The topological polar surface area (TPSA) is 73.3 Å². The number of aromatic nitrogens is 2. The lowest BCUT2D eigenvalue weighted by atomic mass is 9.94. The molecule has 0 fully saturated rings.